The van der Waals surface area contributed by atoms with Gasteiger partial charge in [0, 0.05) is 6.54 Å². The maximum absolute atomic E-state index is 12.9. The smallest absolute Gasteiger partial charge is 0.276 e. The molecule has 8 nitrogen and oxygen atoms in total. The summed E-state index contributed by atoms with van der Waals surface area (Å²) in [6.45, 7) is 4.11. The Kier molecular flexibility index (Phi) is 8.20. The zero-order valence-electron chi connectivity index (χ0n) is 16.0. The summed E-state index contributed by atoms with van der Waals surface area (Å²) in [6.07, 6.45) is 2.37. The number of methoxy groups -OCH3 is 1. The number of rotatable bonds is 11. The standard InChI is InChI=1S/C20H24N2O6S/c1-3-4-13-28-17-9-11-18(12-10-17)29(25,26)20(19(23)22-24)21-14-15-5-7-16(27-2)8-6-15/h3,5-12,20-21,24H,1,4,13-14H2,2H3,(H,22,23). The summed E-state index contributed by atoms with van der Waals surface area (Å²) in [6, 6.07) is 12.6. The number of nitrogens with one attached hydrogen (secondary N) is 2. The van der Waals surface area contributed by atoms with Crippen LogP contribution in [0, 0.1) is 0 Å². The molecule has 156 valence electrons. The van der Waals surface area contributed by atoms with Crippen LogP contribution in [0.5, 0.6) is 11.5 Å². The van der Waals surface area contributed by atoms with E-state index in [9.17, 15) is 13.2 Å². The molecule has 0 bridgehead atoms. The van der Waals surface area contributed by atoms with Crippen molar-refractivity contribution < 1.29 is 27.9 Å². The van der Waals surface area contributed by atoms with Gasteiger partial charge >= 0.3 is 0 Å². The highest BCUT2D eigenvalue weighted by Gasteiger charge is 2.33. The maximum atomic E-state index is 12.9. The summed E-state index contributed by atoms with van der Waals surface area (Å²) in [5.41, 5.74) is 2.15. The molecule has 0 aliphatic rings. The Balaban J connectivity index is 2.16. The van der Waals surface area contributed by atoms with Crippen molar-refractivity contribution in [2.75, 3.05) is 13.7 Å². The molecule has 9 heteroatoms. The van der Waals surface area contributed by atoms with E-state index in [0.717, 1.165) is 5.56 Å². The van der Waals surface area contributed by atoms with E-state index >= 15 is 0 Å². The van der Waals surface area contributed by atoms with Crippen LogP contribution in [0.25, 0.3) is 0 Å². The number of carbonyl (C=O) groups is 1. The van der Waals surface area contributed by atoms with E-state index in [-0.39, 0.29) is 11.4 Å². The molecule has 0 saturated carbocycles. The maximum Gasteiger partial charge on any atom is 0.276 e. The van der Waals surface area contributed by atoms with E-state index in [1.165, 1.54) is 36.9 Å². The molecule has 1 atom stereocenters. The van der Waals surface area contributed by atoms with Crippen LogP contribution in [0.1, 0.15) is 12.0 Å². The third kappa shape index (κ3) is 6.05. The molecule has 1 unspecified atom stereocenters. The minimum absolute atomic E-state index is 0.0793. The number of hydrogen-bond donors (Lipinski definition) is 3. The van der Waals surface area contributed by atoms with Crippen LogP contribution in [0.4, 0.5) is 0 Å². The highest BCUT2D eigenvalue weighted by Crippen LogP contribution is 2.20. The second-order valence-electron chi connectivity index (χ2n) is 6.03. The first-order chi connectivity index (χ1) is 13.9. The number of benzene rings is 2. The summed E-state index contributed by atoms with van der Waals surface area (Å²) >= 11 is 0. The molecule has 29 heavy (non-hydrogen) atoms. The van der Waals surface area contributed by atoms with Crippen molar-refractivity contribution in [2.45, 2.75) is 23.2 Å². The van der Waals surface area contributed by atoms with Gasteiger partial charge in [0.25, 0.3) is 5.91 Å². The molecule has 0 heterocycles. The van der Waals surface area contributed by atoms with E-state index in [4.69, 9.17) is 14.7 Å². The van der Waals surface area contributed by atoms with Crippen molar-refractivity contribution in [1.82, 2.24) is 10.8 Å². The number of ether oxygens (including phenoxy) is 2. The van der Waals surface area contributed by atoms with E-state index in [1.807, 2.05) is 0 Å². The summed E-state index contributed by atoms with van der Waals surface area (Å²) < 4.78 is 36.4. The fourth-order valence-electron chi connectivity index (χ4n) is 2.48. The summed E-state index contributed by atoms with van der Waals surface area (Å²) in [5, 5.41) is 9.99. The third-order valence-corrected chi connectivity index (χ3v) is 5.98. The molecule has 0 radical (unpaired) electrons. The predicted octanol–water partition coefficient (Wildman–Crippen LogP) is 2.05. The lowest BCUT2D eigenvalue weighted by atomic mass is 10.2. The average Bonchev–Trinajstić information content (AvgIpc) is 2.74. The zero-order valence-corrected chi connectivity index (χ0v) is 16.8. The monoisotopic (exact) mass is 420 g/mol. The molecular formula is C20H24N2O6S. The second-order valence-corrected chi connectivity index (χ2v) is 8.06. The molecule has 0 aliphatic heterocycles. The molecule has 1 amide bonds. The van der Waals surface area contributed by atoms with Crippen LogP contribution < -0.4 is 20.3 Å². The van der Waals surface area contributed by atoms with Gasteiger partial charge in [-0.1, -0.05) is 18.2 Å². The Labute approximate surface area is 170 Å². The topological polar surface area (TPSA) is 114 Å². The van der Waals surface area contributed by atoms with Gasteiger partial charge in [0.2, 0.25) is 9.84 Å². The van der Waals surface area contributed by atoms with Crippen LogP contribution in [0.2, 0.25) is 0 Å². The lowest BCUT2D eigenvalue weighted by molar-refractivity contribution is -0.129. The Bertz CT molecular complexity index is 911. The normalized spacial score (nSPS) is 12.1. The predicted molar refractivity (Wildman–Crippen MR) is 107 cm³/mol. The molecule has 0 aliphatic carbocycles. The van der Waals surface area contributed by atoms with Gasteiger partial charge < -0.3 is 9.47 Å². The average molecular weight is 420 g/mol. The van der Waals surface area contributed by atoms with E-state index in [0.29, 0.717) is 24.5 Å². The van der Waals surface area contributed by atoms with Gasteiger partial charge in [0.1, 0.15) is 11.5 Å². The van der Waals surface area contributed by atoms with Crippen LogP contribution >= 0.6 is 0 Å². The first-order valence-electron chi connectivity index (χ1n) is 8.80. The first kappa shape index (κ1) is 22.4. The van der Waals surface area contributed by atoms with Crippen molar-refractivity contribution >= 4 is 15.7 Å². The molecule has 0 aromatic heterocycles. The van der Waals surface area contributed by atoms with Crippen molar-refractivity contribution in [1.29, 1.82) is 0 Å². The summed E-state index contributed by atoms with van der Waals surface area (Å²) in [4.78, 5) is 12.0. The Morgan fingerprint density at radius 1 is 1.14 bits per heavy atom. The van der Waals surface area contributed by atoms with Crippen molar-refractivity contribution in [3.8, 4) is 11.5 Å². The second kappa shape index (κ2) is 10.6. The minimum atomic E-state index is -4.12. The minimum Gasteiger partial charge on any atom is -0.497 e. The van der Waals surface area contributed by atoms with E-state index < -0.39 is 21.1 Å². The molecule has 3 N–H and O–H groups in total. The van der Waals surface area contributed by atoms with Gasteiger partial charge in [-0.25, -0.2) is 13.9 Å². The molecule has 0 fully saturated rings. The van der Waals surface area contributed by atoms with Crippen LogP contribution in [0.15, 0.2) is 66.1 Å². The van der Waals surface area contributed by atoms with Gasteiger partial charge in [-0.2, -0.15) is 0 Å². The largest absolute Gasteiger partial charge is 0.497 e. The number of carbonyl (C=O) groups excluding carboxylic acids is 1. The lowest BCUT2D eigenvalue weighted by Gasteiger charge is -2.18. The van der Waals surface area contributed by atoms with E-state index in [2.05, 4.69) is 11.9 Å². The summed E-state index contributed by atoms with van der Waals surface area (Å²) in [7, 11) is -2.58. The van der Waals surface area contributed by atoms with Crippen LogP contribution in [0.3, 0.4) is 0 Å². The van der Waals surface area contributed by atoms with Crippen molar-refractivity contribution in [3.05, 3.63) is 66.7 Å². The van der Waals surface area contributed by atoms with Crippen molar-refractivity contribution in [3.63, 3.8) is 0 Å². The molecule has 0 saturated heterocycles. The van der Waals surface area contributed by atoms with Gasteiger partial charge in [-0.15, -0.1) is 6.58 Å². The fourth-order valence-corrected chi connectivity index (χ4v) is 3.90. The first-order valence-corrected chi connectivity index (χ1v) is 10.3. The van der Waals surface area contributed by atoms with E-state index in [1.54, 1.807) is 30.3 Å². The molecule has 2 aromatic carbocycles. The SMILES string of the molecule is C=CCCOc1ccc(S(=O)(=O)C(NCc2ccc(OC)cc2)C(=O)NO)cc1. The van der Waals surface area contributed by atoms with Crippen molar-refractivity contribution in [2.24, 2.45) is 0 Å². The highest BCUT2D eigenvalue weighted by atomic mass is 32.2. The lowest BCUT2D eigenvalue weighted by Crippen LogP contribution is -2.48. The number of hydroxylamine groups is 1. The highest BCUT2D eigenvalue weighted by molar-refractivity contribution is 7.92. The van der Waals surface area contributed by atoms with Gasteiger partial charge in [0.15, 0.2) is 5.37 Å². The Hall–Kier alpha value is -2.88. The molecule has 2 aromatic rings. The summed E-state index contributed by atoms with van der Waals surface area (Å²) in [5.74, 6) is 0.0754. The number of hydrogen-bond acceptors (Lipinski definition) is 7. The van der Waals surface area contributed by atoms with Gasteiger partial charge in [0.05, 0.1) is 18.6 Å². The molecular weight excluding hydrogens is 396 g/mol. The van der Waals surface area contributed by atoms with Crippen LogP contribution in [-0.4, -0.2) is 38.6 Å². The van der Waals surface area contributed by atoms with Crippen LogP contribution in [-0.2, 0) is 21.2 Å². The molecule has 2 rings (SSSR count). The fraction of sp³-hybridized carbons (Fsp3) is 0.250. The Morgan fingerprint density at radius 2 is 1.76 bits per heavy atom. The zero-order chi connectivity index (χ0) is 21.3. The molecule has 0 spiro atoms. The number of amides is 1. The van der Waals surface area contributed by atoms with Gasteiger partial charge in [-0.3, -0.25) is 15.3 Å². The third-order valence-electron chi connectivity index (χ3n) is 4.05. The quantitative estimate of drug-likeness (QED) is 0.221. The van der Waals surface area contributed by atoms with Gasteiger partial charge in [-0.05, 0) is 48.4 Å². The number of sulfone groups is 1. The Morgan fingerprint density at radius 3 is 2.31 bits per heavy atom.